The van der Waals surface area contributed by atoms with Gasteiger partial charge in [-0.1, -0.05) is 43.0 Å². The van der Waals surface area contributed by atoms with Crippen LogP contribution in [0.1, 0.15) is 48.0 Å². The Kier molecular flexibility index (Phi) is 6.81. The molecule has 0 unspecified atom stereocenters. The smallest absolute Gasteiger partial charge is 0.255 e. The van der Waals surface area contributed by atoms with Crippen LogP contribution in [-0.2, 0) is 11.2 Å². The maximum Gasteiger partial charge on any atom is 0.255 e. The van der Waals surface area contributed by atoms with Crippen LogP contribution in [0.15, 0.2) is 42.5 Å². The predicted octanol–water partition coefficient (Wildman–Crippen LogP) is 5.18. The lowest BCUT2D eigenvalue weighted by Gasteiger charge is -2.41. The molecule has 1 saturated carbocycles. The van der Waals surface area contributed by atoms with E-state index in [1.807, 2.05) is 29.2 Å². The first kappa shape index (κ1) is 21.7. The molecule has 2 amide bonds. The zero-order valence-corrected chi connectivity index (χ0v) is 18.7. The molecule has 0 radical (unpaired) electrons. The Morgan fingerprint density at radius 3 is 2.52 bits per heavy atom. The molecule has 1 aliphatic carbocycles. The van der Waals surface area contributed by atoms with E-state index in [1.54, 1.807) is 25.3 Å². The Morgan fingerprint density at radius 1 is 1.06 bits per heavy atom. The number of rotatable bonds is 5. The van der Waals surface area contributed by atoms with Crippen molar-refractivity contribution in [3.63, 3.8) is 0 Å². The minimum Gasteiger partial charge on any atom is -0.497 e. The molecular weight excluding hydrogens is 412 g/mol. The summed E-state index contributed by atoms with van der Waals surface area (Å²) in [6.07, 6.45) is 6.47. The van der Waals surface area contributed by atoms with Crippen LogP contribution in [0.4, 0.5) is 5.69 Å². The first-order chi connectivity index (χ1) is 15.0. The van der Waals surface area contributed by atoms with Gasteiger partial charge in [0.25, 0.3) is 5.91 Å². The van der Waals surface area contributed by atoms with Crippen LogP contribution >= 0.6 is 11.6 Å². The summed E-state index contributed by atoms with van der Waals surface area (Å²) in [5, 5.41) is 3.24. The van der Waals surface area contributed by atoms with Gasteiger partial charge in [-0.2, -0.15) is 0 Å². The second-order valence-corrected chi connectivity index (χ2v) is 9.02. The topological polar surface area (TPSA) is 58.6 Å². The monoisotopic (exact) mass is 440 g/mol. The van der Waals surface area contributed by atoms with E-state index >= 15 is 0 Å². The number of fused-ring (bicyclic) bond motifs is 1. The van der Waals surface area contributed by atoms with Gasteiger partial charge in [-0.3, -0.25) is 9.59 Å². The molecule has 5 nitrogen and oxygen atoms in total. The first-order valence-corrected chi connectivity index (χ1v) is 11.4. The lowest BCUT2D eigenvalue weighted by atomic mass is 9.75. The second kappa shape index (κ2) is 9.73. The number of benzene rings is 2. The van der Waals surface area contributed by atoms with E-state index in [-0.39, 0.29) is 18.2 Å². The van der Waals surface area contributed by atoms with Crippen LogP contribution in [-0.4, -0.2) is 36.9 Å². The third kappa shape index (κ3) is 5.21. The zero-order valence-electron chi connectivity index (χ0n) is 17.9. The average molecular weight is 441 g/mol. The van der Waals surface area contributed by atoms with Crippen molar-refractivity contribution in [3.05, 3.63) is 58.6 Å². The summed E-state index contributed by atoms with van der Waals surface area (Å²) in [5.74, 6) is 2.01. The van der Waals surface area contributed by atoms with Crippen molar-refractivity contribution in [2.45, 2.75) is 38.5 Å². The number of carbonyl (C=O) groups excluding carboxylic acids is 2. The van der Waals surface area contributed by atoms with Crippen LogP contribution < -0.4 is 10.1 Å². The first-order valence-electron chi connectivity index (χ1n) is 11.0. The summed E-state index contributed by atoms with van der Waals surface area (Å²) in [4.78, 5) is 27.4. The Balaban J connectivity index is 1.37. The number of ether oxygens (including phenoxy) is 1. The molecule has 1 N–H and O–H groups in total. The molecule has 164 valence electrons. The number of amides is 2. The van der Waals surface area contributed by atoms with Gasteiger partial charge in [0.05, 0.1) is 24.1 Å². The van der Waals surface area contributed by atoms with Crippen molar-refractivity contribution in [2.75, 3.05) is 25.5 Å². The minimum atomic E-state index is -0.139. The van der Waals surface area contributed by atoms with Gasteiger partial charge in [0.2, 0.25) is 5.91 Å². The van der Waals surface area contributed by atoms with Crippen LogP contribution in [0.5, 0.6) is 5.75 Å². The summed E-state index contributed by atoms with van der Waals surface area (Å²) in [6.45, 7) is 1.64. The number of nitrogens with zero attached hydrogens (tertiary/aromatic N) is 1. The number of halogens is 1. The van der Waals surface area contributed by atoms with Crippen LogP contribution in [0.25, 0.3) is 0 Å². The highest BCUT2D eigenvalue weighted by molar-refractivity contribution is 6.34. The molecule has 2 atom stereocenters. The Bertz CT molecular complexity index is 944. The molecule has 6 heteroatoms. The molecule has 2 aliphatic rings. The average Bonchev–Trinajstić information content (AvgIpc) is 2.79. The number of methoxy groups -OCH3 is 1. The van der Waals surface area contributed by atoms with Gasteiger partial charge in [-0.15, -0.1) is 0 Å². The number of hydrogen-bond donors (Lipinski definition) is 1. The maximum atomic E-state index is 13.1. The number of carbonyl (C=O) groups is 2. The van der Waals surface area contributed by atoms with E-state index in [4.69, 9.17) is 16.3 Å². The quantitative estimate of drug-likeness (QED) is 0.696. The van der Waals surface area contributed by atoms with Crippen LogP contribution in [0.3, 0.4) is 0 Å². The van der Waals surface area contributed by atoms with Gasteiger partial charge in [0.1, 0.15) is 5.75 Å². The standard InChI is InChI=1S/C25H29ClN2O3/c1-31-21-9-6-17(7-10-21)14-24(29)27-20-8-11-22(23(26)15-20)25(30)28-13-12-18-4-2-3-5-19(18)16-28/h6-11,15,18-19H,2-5,12-14,16H2,1H3,(H,27,29)/t18-,19+/m1/s1. The van der Waals surface area contributed by atoms with E-state index in [2.05, 4.69) is 5.32 Å². The Labute approximate surface area is 188 Å². The molecule has 0 bridgehead atoms. The third-order valence-electron chi connectivity index (χ3n) is 6.59. The van der Waals surface area contributed by atoms with E-state index in [1.165, 1.54) is 25.7 Å². The van der Waals surface area contributed by atoms with Gasteiger partial charge >= 0.3 is 0 Å². The number of anilines is 1. The predicted molar refractivity (Wildman–Crippen MR) is 123 cm³/mol. The molecule has 0 aromatic heterocycles. The zero-order chi connectivity index (χ0) is 21.8. The summed E-state index contributed by atoms with van der Waals surface area (Å²) in [7, 11) is 1.61. The third-order valence-corrected chi connectivity index (χ3v) is 6.90. The SMILES string of the molecule is COc1ccc(CC(=O)Nc2ccc(C(=O)N3CC[C@H]4CCCC[C@H]4C3)c(Cl)c2)cc1. The van der Waals surface area contributed by atoms with Gasteiger partial charge in [-0.05, 0) is 60.6 Å². The highest BCUT2D eigenvalue weighted by atomic mass is 35.5. The molecular formula is C25H29ClN2O3. The fourth-order valence-corrected chi connectivity index (χ4v) is 5.12. The summed E-state index contributed by atoms with van der Waals surface area (Å²) in [6, 6.07) is 12.5. The maximum absolute atomic E-state index is 13.1. The van der Waals surface area contributed by atoms with Crippen molar-refractivity contribution < 1.29 is 14.3 Å². The second-order valence-electron chi connectivity index (χ2n) is 8.61. The molecule has 4 rings (SSSR count). The lowest BCUT2D eigenvalue weighted by molar-refractivity contribution is -0.115. The fourth-order valence-electron chi connectivity index (χ4n) is 4.86. The van der Waals surface area contributed by atoms with Crippen molar-refractivity contribution in [2.24, 2.45) is 11.8 Å². The molecule has 1 aliphatic heterocycles. The summed E-state index contributed by atoms with van der Waals surface area (Å²) < 4.78 is 5.14. The van der Waals surface area contributed by atoms with Gasteiger partial charge in [-0.25, -0.2) is 0 Å². The highest BCUT2D eigenvalue weighted by Crippen LogP contribution is 2.36. The molecule has 1 saturated heterocycles. The molecule has 2 aromatic carbocycles. The summed E-state index contributed by atoms with van der Waals surface area (Å²) >= 11 is 6.45. The summed E-state index contributed by atoms with van der Waals surface area (Å²) in [5.41, 5.74) is 1.98. The van der Waals surface area contributed by atoms with Gasteiger partial charge in [0, 0.05) is 18.8 Å². The van der Waals surface area contributed by atoms with E-state index < -0.39 is 0 Å². The van der Waals surface area contributed by atoms with E-state index in [0.29, 0.717) is 22.2 Å². The number of piperidine rings is 1. The Morgan fingerprint density at radius 2 is 1.81 bits per heavy atom. The molecule has 1 heterocycles. The normalized spacial score (nSPS) is 20.6. The van der Waals surface area contributed by atoms with Gasteiger partial charge in [0.15, 0.2) is 0 Å². The van der Waals surface area contributed by atoms with Crippen molar-refractivity contribution in [3.8, 4) is 5.75 Å². The van der Waals surface area contributed by atoms with Gasteiger partial charge < -0.3 is 15.0 Å². The lowest BCUT2D eigenvalue weighted by Crippen LogP contribution is -2.44. The van der Waals surface area contributed by atoms with Crippen molar-refractivity contribution >= 4 is 29.1 Å². The molecule has 31 heavy (non-hydrogen) atoms. The number of likely N-dealkylation sites (tertiary alicyclic amines) is 1. The molecule has 0 spiro atoms. The molecule has 2 fully saturated rings. The number of nitrogens with one attached hydrogen (secondary N) is 1. The van der Waals surface area contributed by atoms with Crippen molar-refractivity contribution in [1.82, 2.24) is 4.90 Å². The van der Waals surface area contributed by atoms with Crippen LogP contribution in [0.2, 0.25) is 5.02 Å². The number of hydrogen-bond acceptors (Lipinski definition) is 3. The van der Waals surface area contributed by atoms with E-state index in [0.717, 1.165) is 36.7 Å². The van der Waals surface area contributed by atoms with Crippen molar-refractivity contribution in [1.29, 1.82) is 0 Å². The fraction of sp³-hybridized carbons (Fsp3) is 0.440. The highest BCUT2D eigenvalue weighted by Gasteiger charge is 2.33. The molecule has 2 aromatic rings. The van der Waals surface area contributed by atoms with E-state index in [9.17, 15) is 9.59 Å². The Hall–Kier alpha value is -2.53. The largest absolute Gasteiger partial charge is 0.497 e. The minimum absolute atomic E-state index is 0.00914. The van der Waals surface area contributed by atoms with Crippen LogP contribution in [0, 0.1) is 11.8 Å².